The molecule has 0 saturated heterocycles. The summed E-state index contributed by atoms with van der Waals surface area (Å²) in [6.45, 7) is 8.09. The molecule has 0 aliphatic rings. The molecule has 0 fully saturated rings. The van der Waals surface area contributed by atoms with Crippen molar-refractivity contribution >= 4 is 17.3 Å². The van der Waals surface area contributed by atoms with Gasteiger partial charge in [-0.05, 0) is 39.0 Å². The average molecular weight is 400 g/mol. The normalized spacial score (nSPS) is 10.9. The van der Waals surface area contributed by atoms with Crippen molar-refractivity contribution in [3.63, 3.8) is 0 Å². The second-order valence-electron chi connectivity index (χ2n) is 4.10. The fraction of sp³-hybridized carbons (Fsp3) is 0.400. The summed E-state index contributed by atoms with van der Waals surface area (Å²) in [7, 11) is 0. The van der Waals surface area contributed by atoms with Crippen molar-refractivity contribution in [2.24, 2.45) is 0 Å². The molecule has 127 valence electrons. The van der Waals surface area contributed by atoms with E-state index in [0.717, 1.165) is 18.2 Å². The smallest absolute Gasteiger partial charge is 0.876 e. The van der Waals surface area contributed by atoms with Gasteiger partial charge in [-0.1, -0.05) is 20.8 Å². The van der Waals surface area contributed by atoms with Crippen LogP contribution >= 0.6 is 0 Å². The van der Waals surface area contributed by atoms with Crippen LogP contribution in [0.1, 0.15) is 41.5 Å². The molecule has 0 saturated carbocycles. The first kappa shape index (κ1) is 28.4. The number of carbonyl (C=O) groups is 3. The molecule has 0 aliphatic heterocycles. The van der Waals surface area contributed by atoms with E-state index in [1.807, 2.05) is 0 Å². The Bertz CT molecular complexity index is 368. The van der Waals surface area contributed by atoms with Crippen LogP contribution in [0.2, 0.25) is 0 Å². The van der Waals surface area contributed by atoms with E-state index in [-0.39, 0.29) is 54.1 Å². The molecule has 0 unspecified atom stereocenters. The van der Waals surface area contributed by atoms with Crippen molar-refractivity contribution in [2.75, 3.05) is 0 Å². The van der Waals surface area contributed by atoms with Crippen molar-refractivity contribution in [2.45, 2.75) is 41.5 Å². The van der Waals surface area contributed by atoms with Gasteiger partial charge >= 0.3 is 19.5 Å². The second-order valence-corrected chi connectivity index (χ2v) is 4.10. The molecule has 0 aromatic carbocycles. The van der Waals surface area contributed by atoms with Crippen LogP contribution in [0.15, 0.2) is 35.5 Å². The molecule has 0 rings (SSSR count). The molecule has 0 atom stereocenters. The maximum absolute atomic E-state index is 9.98. The van der Waals surface area contributed by atoms with E-state index in [4.69, 9.17) is 0 Å². The van der Waals surface area contributed by atoms with Crippen LogP contribution in [0.4, 0.5) is 0 Å². The number of hydrogen-bond acceptors (Lipinski definition) is 6. The van der Waals surface area contributed by atoms with Crippen LogP contribution < -0.4 is 15.3 Å². The second kappa shape index (κ2) is 17.3. The first-order chi connectivity index (χ1) is 9.38. The molecule has 6 nitrogen and oxygen atoms in total. The van der Waals surface area contributed by atoms with Gasteiger partial charge < -0.3 is 15.3 Å². The van der Waals surface area contributed by atoms with Crippen molar-refractivity contribution < 1.29 is 49.2 Å². The van der Waals surface area contributed by atoms with Crippen molar-refractivity contribution in [1.82, 2.24) is 0 Å². The monoisotopic (exact) mass is 400 g/mol. The van der Waals surface area contributed by atoms with Crippen molar-refractivity contribution in [3.8, 4) is 0 Å². The molecule has 0 aromatic rings. The Morgan fingerprint density at radius 1 is 0.545 bits per heavy atom. The fourth-order valence-electron chi connectivity index (χ4n) is 0.859. The topological polar surface area (TPSA) is 120 Å². The molecule has 0 bridgehead atoms. The predicted octanol–water partition coefficient (Wildman–Crippen LogP) is -0.484. The summed E-state index contributed by atoms with van der Waals surface area (Å²) in [6.07, 6.45) is 3.17. The van der Waals surface area contributed by atoms with E-state index in [1.54, 1.807) is 0 Å². The zero-order valence-electron chi connectivity index (χ0n) is 13.5. The van der Waals surface area contributed by atoms with Gasteiger partial charge in [-0.3, -0.25) is 14.4 Å². The van der Waals surface area contributed by atoms with Gasteiger partial charge in [0.15, 0.2) is 17.3 Å². The Labute approximate surface area is 144 Å². The summed E-state index contributed by atoms with van der Waals surface area (Å²) < 4.78 is 0. The quantitative estimate of drug-likeness (QED) is 0.358. The Morgan fingerprint density at radius 3 is 0.682 bits per heavy atom. The maximum Gasteiger partial charge on any atom is 2.00 e. The third kappa shape index (κ3) is 51.7. The summed E-state index contributed by atoms with van der Waals surface area (Å²) in [5.41, 5.74) is 0. The zero-order valence-corrected chi connectivity index (χ0v) is 15.2. The zero-order chi connectivity index (χ0) is 17.6. The van der Waals surface area contributed by atoms with Gasteiger partial charge in [0.1, 0.15) is 0 Å². The molecule has 0 aromatic heterocycles. The first-order valence-electron chi connectivity index (χ1n) is 5.96. The van der Waals surface area contributed by atoms with E-state index in [9.17, 15) is 29.7 Å². The van der Waals surface area contributed by atoms with E-state index in [2.05, 4.69) is 0 Å². The average Bonchev–Trinajstić information content (AvgIpc) is 2.10. The molecule has 0 amide bonds. The largest absolute Gasteiger partial charge is 2.00 e. The standard InChI is InChI=1S/3C5H8O2.Rh/c3*1-4(6)3-5(2)7;/h3*3,6H,1-2H3;/q;;;+2/p-3/b3*4-3-;. The first-order valence-corrected chi connectivity index (χ1v) is 5.96. The molecule has 0 spiro atoms. The molecule has 1 radical (unpaired) electrons. The van der Waals surface area contributed by atoms with Crippen molar-refractivity contribution in [3.05, 3.63) is 35.5 Å². The van der Waals surface area contributed by atoms with Crippen LogP contribution in [-0.2, 0) is 33.9 Å². The molecule has 22 heavy (non-hydrogen) atoms. The summed E-state index contributed by atoms with van der Waals surface area (Å²) >= 11 is 0. The van der Waals surface area contributed by atoms with Crippen LogP contribution in [-0.4, -0.2) is 17.3 Å². The third-order valence-corrected chi connectivity index (χ3v) is 1.22. The maximum atomic E-state index is 9.98. The van der Waals surface area contributed by atoms with E-state index < -0.39 is 0 Å². The molecular formula is C15H21O6Rh-. The Hall–Kier alpha value is -1.75. The number of carbonyl (C=O) groups excluding carboxylic acids is 3. The van der Waals surface area contributed by atoms with Crippen LogP contribution in [0.5, 0.6) is 0 Å². The summed E-state index contributed by atoms with van der Waals surface area (Å²) in [5.74, 6) is -1.12. The van der Waals surface area contributed by atoms with Gasteiger partial charge in [0.2, 0.25) is 0 Å². The summed E-state index contributed by atoms with van der Waals surface area (Å²) in [6, 6.07) is 0. The minimum absolute atomic E-state index is 0. The van der Waals surface area contributed by atoms with Crippen LogP contribution in [0, 0.1) is 0 Å². The molecule has 7 heteroatoms. The van der Waals surface area contributed by atoms with Gasteiger partial charge in [0, 0.05) is 0 Å². The van der Waals surface area contributed by atoms with Gasteiger partial charge in [-0.25, -0.2) is 0 Å². The van der Waals surface area contributed by atoms with Gasteiger partial charge in [0.05, 0.1) is 0 Å². The number of rotatable bonds is 3. The van der Waals surface area contributed by atoms with Crippen molar-refractivity contribution in [1.29, 1.82) is 0 Å². The predicted molar refractivity (Wildman–Crippen MR) is 73.3 cm³/mol. The minimum Gasteiger partial charge on any atom is -0.876 e. The Balaban J connectivity index is -0.000000108. The van der Waals surface area contributed by atoms with Crippen LogP contribution in [0.25, 0.3) is 0 Å². The molecule has 0 heterocycles. The van der Waals surface area contributed by atoms with E-state index in [0.29, 0.717) is 0 Å². The summed E-state index contributed by atoms with van der Waals surface area (Å²) in [4.78, 5) is 29.9. The minimum atomic E-state index is -0.187. The van der Waals surface area contributed by atoms with Gasteiger partial charge in [-0.15, -0.1) is 17.3 Å². The van der Waals surface area contributed by atoms with Crippen LogP contribution in [0.3, 0.4) is 0 Å². The molecule has 0 aliphatic carbocycles. The number of hydrogen-bond donors (Lipinski definition) is 0. The SMILES string of the molecule is CC(=O)/C=C(/C)[O-].CC(=O)/C=C(/C)[O-].CC(=O)/C=C(/C)[O-].[Rh+2]. The number of ketones is 3. The van der Waals surface area contributed by atoms with Gasteiger partial charge in [0.25, 0.3) is 0 Å². The Kier molecular flexibility index (Phi) is 22.4. The number of allylic oxidation sites excluding steroid dienone is 6. The fourth-order valence-corrected chi connectivity index (χ4v) is 0.859. The molecule has 0 N–H and O–H groups in total. The van der Waals surface area contributed by atoms with E-state index >= 15 is 0 Å². The Morgan fingerprint density at radius 2 is 0.682 bits per heavy atom. The third-order valence-electron chi connectivity index (χ3n) is 1.22. The van der Waals surface area contributed by atoms with E-state index in [1.165, 1.54) is 41.5 Å². The molecular weight excluding hydrogens is 379 g/mol. The van der Waals surface area contributed by atoms with Gasteiger partial charge in [-0.2, -0.15) is 0 Å². The summed E-state index contributed by atoms with van der Waals surface area (Å²) in [5, 5.41) is 29.9.